The van der Waals surface area contributed by atoms with E-state index in [0.717, 1.165) is 28.0 Å². The van der Waals surface area contributed by atoms with Crippen molar-refractivity contribution in [2.45, 2.75) is 20.3 Å². The Balaban J connectivity index is 2.61. The van der Waals surface area contributed by atoms with E-state index in [-0.39, 0.29) is 0 Å². The van der Waals surface area contributed by atoms with E-state index in [1.54, 1.807) is 0 Å². The number of benzene rings is 1. The molecule has 0 aliphatic rings. The molecule has 0 saturated carbocycles. The summed E-state index contributed by atoms with van der Waals surface area (Å²) in [5, 5.41) is 5.20. The average molecular weight is 329 g/mol. The van der Waals surface area contributed by atoms with Crippen molar-refractivity contribution in [2.24, 2.45) is 5.73 Å². The topological polar surface area (TPSA) is 43.8 Å². The highest BCUT2D eigenvalue weighted by Crippen LogP contribution is 2.26. The summed E-state index contributed by atoms with van der Waals surface area (Å²) in [4.78, 5) is 0. The number of aryl methyl sites for hydroxylation is 1. The molecule has 1 aromatic carbocycles. The fourth-order valence-electron chi connectivity index (χ4n) is 1.96. The minimum absolute atomic E-state index is 0.613. The van der Waals surface area contributed by atoms with Gasteiger partial charge in [0.15, 0.2) is 0 Å². The van der Waals surface area contributed by atoms with Crippen molar-refractivity contribution in [2.75, 3.05) is 6.54 Å². The molecule has 0 saturated heterocycles. The third-order valence-electron chi connectivity index (χ3n) is 2.89. The molecule has 0 fully saturated rings. The molecular formula is C13H15BrClN3. The van der Waals surface area contributed by atoms with E-state index in [9.17, 15) is 0 Å². The van der Waals surface area contributed by atoms with Gasteiger partial charge in [0, 0.05) is 4.47 Å². The Morgan fingerprint density at radius 3 is 2.67 bits per heavy atom. The van der Waals surface area contributed by atoms with Crippen LogP contribution >= 0.6 is 27.5 Å². The fraction of sp³-hybridized carbons (Fsp3) is 0.308. The molecule has 0 aliphatic carbocycles. The first kappa shape index (κ1) is 13.6. The number of aromatic nitrogens is 2. The lowest BCUT2D eigenvalue weighted by Crippen LogP contribution is -2.08. The molecule has 0 radical (unpaired) electrons. The minimum Gasteiger partial charge on any atom is -0.330 e. The van der Waals surface area contributed by atoms with Crippen LogP contribution < -0.4 is 5.73 Å². The Kier molecular flexibility index (Phi) is 4.10. The van der Waals surface area contributed by atoms with Crippen molar-refractivity contribution in [3.63, 3.8) is 0 Å². The lowest BCUT2D eigenvalue weighted by molar-refractivity contribution is 0.813. The number of nitrogens with zero attached hydrogens (tertiary/aromatic N) is 2. The van der Waals surface area contributed by atoms with Gasteiger partial charge in [-0.3, -0.25) is 0 Å². The van der Waals surface area contributed by atoms with Crippen molar-refractivity contribution in [1.29, 1.82) is 0 Å². The number of halogens is 2. The minimum atomic E-state index is 0.613. The highest BCUT2D eigenvalue weighted by Gasteiger charge is 2.13. The van der Waals surface area contributed by atoms with Crippen molar-refractivity contribution in [3.8, 4) is 5.69 Å². The van der Waals surface area contributed by atoms with Crippen LogP contribution in [0.1, 0.15) is 17.0 Å². The van der Waals surface area contributed by atoms with Gasteiger partial charge in [-0.2, -0.15) is 5.10 Å². The number of hydrogen-bond donors (Lipinski definition) is 1. The maximum absolute atomic E-state index is 6.20. The summed E-state index contributed by atoms with van der Waals surface area (Å²) in [6.07, 6.45) is 0.818. The van der Waals surface area contributed by atoms with E-state index in [2.05, 4.69) is 27.1 Å². The highest BCUT2D eigenvalue weighted by molar-refractivity contribution is 9.10. The summed E-state index contributed by atoms with van der Waals surface area (Å²) in [6, 6.07) is 6.12. The van der Waals surface area contributed by atoms with Gasteiger partial charge in [0.25, 0.3) is 0 Å². The molecule has 0 aliphatic heterocycles. The molecular weight excluding hydrogens is 314 g/mol. The van der Waals surface area contributed by atoms with E-state index < -0.39 is 0 Å². The van der Waals surface area contributed by atoms with Gasteiger partial charge >= 0.3 is 0 Å². The van der Waals surface area contributed by atoms with Crippen LogP contribution in [0.5, 0.6) is 0 Å². The smallest absolute Gasteiger partial charge is 0.0848 e. The number of nitrogens with two attached hydrogens (primary N) is 1. The summed E-state index contributed by atoms with van der Waals surface area (Å²) < 4.78 is 2.90. The molecule has 0 bridgehead atoms. The zero-order valence-electron chi connectivity index (χ0n) is 10.4. The van der Waals surface area contributed by atoms with Gasteiger partial charge in [-0.05, 0) is 44.5 Å². The van der Waals surface area contributed by atoms with Crippen molar-refractivity contribution >= 4 is 27.5 Å². The highest BCUT2D eigenvalue weighted by atomic mass is 79.9. The van der Waals surface area contributed by atoms with Crippen LogP contribution in [0.15, 0.2) is 22.7 Å². The van der Waals surface area contributed by atoms with Gasteiger partial charge < -0.3 is 5.73 Å². The van der Waals surface area contributed by atoms with Gasteiger partial charge in [-0.1, -0.05) is 33.6 Å². The zero-order valence-corrected chi connectivity index (χ0v) is 12.7. The first-order valence-corrected chi connectivity index (χ1v) is 6.92. The third-order valence-corrected chi connectivity index (χ3v) is 3.93. The normalized spacial score (nSPS) is 10.9. The van der Waals surface area contributed by atoms with Crippen molar-refractivity contribution in [1.82, 2.24) is 9.78 Å². The summed E-state index contributed by atoms with van der Waals surface area (Å²) in [5.74, 6) is 0. The Bertz CT molecular complexity index is 578. The van der Waals surface area contributed by atoms with E-state index in [0.29, 0.717) is 11.6 Å². The second kappa shape index (κ2) is 5.43. The lowest BCUT2D eigenvalue weighted by atomic mass is 10.1. The first-order valence-electron chi connectivity index (χ1n) is 5.75. The molecule has 96 valence electrons. The third kappa shape index (κ3) is 2.46. The molecule has 0 spiro atoms. The molecule has 18 heavy (non-hydrogen) atoms. The van der Waals surface area contributed by atoms with E-state index in [4.69, 9.17) is 17.3 Å². The molecule has 0 unspecified atom stereocenters. The summed E-state index contributed by atoms with van der Waals surface area (Å²) in [7, 11) is 0. The van der Waals surface area contributed by atoms with Gasteiger partial charge in [-0.25, -0.2) is 4.68 Å². The Labute approximate surface area is 120 Å². The molecule has 5 heteroatoms. The molecule has 1 heterocycles. The average Bonchev–Trinajstić information content (AvgIpc) is 2.60. The van der Waals surface area contributed by atoms with Crippen LogP contribution in [0, 0.1) is 13.8 Å². The summed E-state index contributed by atoms with van der Waals surface area (Å²) in [6.45, 7) is 4.49. The lowest BCUT2D eigenvalue weighted by Gasteiger charge is -2.11. The Morgan fingerprint density at radius 2 is 2.11 bits per heavy atom. The second-order valence-electron chi connectivity index (χ2n) is 4.21. The number of hydrogen-bond acceptors (Lipinski definition) is 2. The molecule has 2 N–H and O–H groups in total. The van der Waals surface area contributed by atoms with Crippen LogP contribution in [0.4, 0.5) is 0 Å². The van der Waals surface area contributed by atoms with E-state index in [1.165, 1.54) is 5.56 Å². The van der Waals surface area contributed by atoms with Crippen LogP contribution in [-0.2, 0) is 6.42 Å². The molecule has 0 amide bonds. The first-order chi connectivity index (χ1) is 8.54. The van der Waals surface area contributed by atoms with Crippen LogP contribution in [-0.4, -0.2) is 16.3 Å². The number of rotatable bonds is 3. The largest absolute Gasteiger partial charge is 0.330 e. The predicted octanol–water partition coefficient (Wildman–Crippen LogP) is 3.41. The van der Waals surface area contributed by atoms with Gasteiger partial charge in [0.1, 0.15) is 0 Å². The molecule has 2 aromatic rings. The van der Waals surface area contributed by atoms with Crippen LogP contribution in [0.2, 0.25) is 5.02 Å². The molecule has 0 atom stereocenters. The standard InChI is InChI=1S/C13H15BrClN3/c1-8-13(15)9(2)18(17-8)12-7-11(14)4-3-10(12)5-6-16/h3-4,7H,5-6,16H2,1-2H3. The van der Waals surface area contributed by atoms with Gasteiger partial charge in [-0.15, -0.1) is 0 Å². The van der Waals surface area contributed by atoms with E-state index in [1.807, 2.05) is 30.7 Å². The second-order valence-corrected chi connectivity index (χ2v) is 5.50. The molecule has 2 rings (SSSR count). The SMILES string of the molecule is Cc1nn(-c2cc(Br)ccc2CCN)c(C)c1Cl. The fourth-order valence-corrected chi connectivity index (χ4v) is 2.43. The van der Waals surface area contributed by atoms with Crippen molar-refractivity contribution < 1.29 is 0 Å². The van der Waals surface area contributed by atoms with Crippen molar-refractivity contribution in [3.05, 3.63) is 44.6 Å². The molecule has 1 aromatic heterocycles. The molecule has 3 nitrogen and oxygen atoms in total. The maximum atomic E-state index is 6.20. The monoisotopic (exact) mass is 327 g/mol. The zero-order chi connectivity index (χ0) is 13.3. The Morgan fingerprint density at radius 1 is 1.39 bits per heavy atom. The summed E-state index contributed by atoms with van der Waals surface area (Å²) in [5.41, 5.74) is 9.64. The van der Waals surface area contributed by atoms with Crippen LogP contribution in [0.25, 0.3) is 5.69 Å². The maximum Gasteiger partial charge on any atom is 0.0848 e. The van der Waals surface area contributed by atoms with Crippen LogP contribution in [0.3, 0.4) is 0 Å². The predicted molar refractivity (Wildman–Crippen MR) is 78.5 cm³/mol. The summed E-state index contributed by atoms with van der Waals surface area (Å²) >= 11 is 9.69. The quantitative estimate of drug-likeness (QED) is 0.938. The van der Waals surface area contributed by atoms with Gasteiger partial charge in [0.05, 0.1) is 22.1 Å². The Hall–Kier alpha value is -0.840. The van der Waals surface area contributed by atoms with Gasteiger partial charge in [0.2, 0.25) is 0 Å². The van der Waals surface area contributed by atoms with E-state index >= 15 is 0 Å².